The first-order valence-electron chi connectivity index (χ1n) is 8.41. The zero-order valence-electron chi connectivity index (χ0n) is 16.5. The molecule has 152 valence electrons. The number of methoxy groups -OCH3 is 2. The summed E-state index contributed by atoms with van der Waals surface area (Å²) < 4.78 is 47.1. The highest BCUT2D eigenvalue weighted by Gasteiger charge is 2.51. The Labute approximate surface area is 168 Å². The molecule has 0 aliphatic carbocycles. The lowest BCUT2D eigenvalue weighted by atomic mass is 9.80. The number of hydrogen-bond acceptors (Lipinski definition) is 6. The van der Waals surface area contributed by atoms with Crippen LogP contribution in [0.15, 0.2) is 24.5 Å². The van der Waals surface area contributed by atoms with Crippen LogP contribution in [0.5, 0.6) is 11.8 Å². The first-order chi connectivity index (χ1) is 13.0. The summed E-state index contributed by atoms with van der Waals surface area (Å²) in [7, 11) is 2.11. The molecule has 0 atom stereocenters. The van der Waals surface area contributed by atoms with Crippen molar-refractivity contribution >= 4 is 24.2 Å². The van der Waals surface area contributed by atoms with Gasteiger partial charge in [0.1, 0.15) is 0 Å². The van der Waals surface area contributed by atoms with E-state index in [-0.39, 0.29) is 16.8 Å². The molecule has 3 heterocycles. The van der Waals surface area contributed by atoms with Crippen molar-refractivity contribution in [1.82, 2.24) is 9.97 Å². The van der Waals surface area contributed by atoms with E-state index in [1.165, 1.54) is 32.7 Å². The maximum Gasteiger partial charge on any atom is 0.496 e. The van der Waals surface area contributed by atoms with Gasteiger partial charge in [0.25, 0.3) is 0 Å². The second kappa shape index (κ2) is 8.59. The van der Waals surface area contributed by atoms with E-state index in [9.17, 15) is 8.78 Å². The Morgan fingerprint density at radius 2 is 1.36 bits per heavy atom. The van der Waals surface area contributed by atoms with E-state index >= 15 is 0 Å². The lowest BCUT2D eigenvalue weighted by Crippen LogP contribution is -2.41. The van der Waals surface area contributed by atoms with Gasteiger partial charge in [-0.25, -0.2) is 18.7 Å². The van der Waals surface area contributed by atoms with Crippen LogP contribution in [0.3, 0.4) is 0 Å². The Morgan fingerprint density at radius 1 is 0.893 bits per heavy atom. The van der Waals surface area contributed by atoms with Crippen LogP contribution in [0.1, 0.15) is 27.7 Å². The molecule has 0 saturated carbocycles. The zero-order chi connectivity index (χ0) is 21.1. The molecule has 0 spiro atoms. The van der Waals surface area contributed by atoms with Gasteiger partial charge in [-0.15, -0.1) is 0 Å². The van der Waals surface area contributed by atoms with Crippen molar-refractivity contribution in [1.29, 1.82) is 0 Å². The minimum absolute atomic E-state index is 0.0322. The Hall–Kier alpha value is -1.97. The Bertz CT molecular complexity index is 823. The number of ether oxygens (including phenoxy) is 2. The molecule has 10 heteroatoms. The molecule has 1 saturated heterocycles. The van der Waals surface area contributed by atoms with E-state index in [1.807, 2.05) is 27.7 Å². The predicted octanol–water partition coefficient (Wildman–Crippen LogP) is 3.41. The van der Waals surface area contributed by atoms with Crippen LogP contribution in [-0.4, -0.2) is 42.5 Å². The van der Waals surface area contributed by atoms with Gasteiger partial charge in [-0.2, -0.15) is 0 Å². The lowest BCUT2D eigenvalue weighted by molar-refractivity contribution is 0.00578. The standard InChI is InChI=1S/C12H17BFNO3.C6H5ClFNO/c1-11(2)12(3,4)18-13(17-11)8-6-9(14)10(16-5)15-7-8;1-10-6-5(8)2-4(7)3-9-6/h6-7H,1-5H3;2-3H,1H3. The fourth-order valence-electron chi connectivity index (χ4n) is 2.25. The molecule has 1 aliphatic heterocycles. The number of nitrogens with zero attached hydrogens (tertiary/aromatic N) is 2. The van der Waals surface area contributed by atoms with E-state index in [1.54, 1.807) is 0 Å². The summed E-state index contributed by atoms with van der Waals surface area (Å²) in [4.78, 5) is 7.45. The van der Waals surface area contributed by atoms with Crippen molar-refractivity contribution in [3.63, 3.8) is 0 Å². The second-order valence-electron chi connectivity index (χ2n) is 6.99. The second-order valence-corrected chi connectivity index (χ2v) is 7.43. The van der Waals surface area contributed by atoms with Crippen LogP contribution in [-0.2, 0) is 9.31 Å². The van der Waals surface area contributed by atoms with Crippen molar-refractivity contribution in [3.05, 3.63) is 41.2 Å². The highest BCUT2D eigenvalue weighted by molar-refractivity contribution is 6.62. The number of halogens is 3. The average molecular weight is 415 g/mol. The van der Waals surface area contributed by atoms with Crippen molar-refractivity contribution < 1.29 is 27.6 Å². The fraction of sp³-hybridized carbons (Fsp3) is 0.444. The van der Waals surface area contributed by atoms with Gasteiger partial charge in [-0.05, 0) is 39.8 Å². The molecule has 0 N–H and O–H groups in total. The number of rotatable bonds is 3. The smallest absolute Gasteiger partial charge is 0.479 e. The van der Waals surface area contributed by atoms with Crippen molar-refractivity contribution in [2.75, 3.05) is 14.2 Å². The van der Waals surface area contributed by atoms with Crippen LogP contribution in [0, 0.1) is 11.6 Å². The van der Waals surface area contributed by atoms with Crippen LogP contribution in [0.4, 0.5) is 8.78 Å². The molecular formula is C18H22BClF2N2O4. The summed E-state index contributed by atoms with van der Waals surface area (Å²) in [6.07, 6.45) is 2.83. The average Bonchev–Trinajstić information content (AvgIpc) is 2.83. The summed E-state index contributed by atoms with van der Waals surface area (Å²) in [6.45, 7) is 7.78. The van der Waals surface area contributed by atoms with Crippen molar-refractivity contribution in [2.24, 2.45) is 0 Å². The molecule has 28 heavy (non-hydrogen) atoms. The fourth-order valence-corrected chi connectivity index (χ4v) is 2.40. The third-order valence-electron chi connectivity index (χ3n) is 4.51. The minimum Gasteiger partial charge on any atom is -0.479 e. The lowest BCUT2D eigenvalue weighted by Gasteiger charge is -2.32. The zero-order valence-corrected chi connectivity index (χ0v) is 17.3. The van der Waals surface area contributed by atoms with E-state index in [0.29, 0.717) is 5.46 Å². The SMILES string of the molecule is COc1ncc(B2OC(C)(C)C(C)(C)O2)cc1F.COc1ncc(Cl)cc1F. The third-order valence-corrected chi connectivity index (χ3v) is 4.72. The number of pyridine rings is 2. The Balaban J connectivity index is 0.000000237. The van der Waals surface area contributed by atoms with Crippen LogP contribution in [0.25, 0.3) is 0 Å². The third kappa shape index (κ3) is 4.90. The molecule has 0 aromatic carbocycles. The van der Waals surface area contributed by atoms with Gasteiger partial charge in [0.2, 0.25) is 11.8 Å². The molecule has 0 radical (unpaired) electrons. The summed E-state index contributed by atoms with van der Waals surface area (Å²) in [6, 6.07) is 2.47. The van der Waals surface area contributed by atoms with Gasteiger partial charge in [0.05, 0.1) is 30.4 Å². The molecule has 2 aromatic heterocycles. The van der Waals surface area contributed by atoms with E-state index < -0.39 is 30.0 Å². The maximum absolute atomic E-state index is 13.6. The van der Waals surface area contributed by atoms with Gasteiger partial charge in [0, 0.05) is 17.9 Å². The number of aromatic nitrogens is 2. The van der Waals surface area contributed by atoms with E-state index in [4.69, 9.17) is 25.6 Å². The Kier molecular flexibility index (Phi) is 6.85. The molecule has 0 unspecified atom stereocenters. The van der Waals surface area contributed by atoms with Gasteiger partial charge >= 0.3 is 7.12 Å². The van der Waals surface area contributed by atoms with Crippen molar-refractivity contribution in [3.8, 4) is 11.8 Å². The normalized spacial score (nSPS) is 17.0. The molecule has 0 bridgehead atoms. The highest BCUT2D eigenvalue weighted by atomic mass is 35.5. The molecule has 3 rings (SSSR count). The van der Waals surface area contributed by atoms with Crippen LogP contribution < -0.4 is 14.9 Å². The first-order valence-corrected chi connectivity index (χ1v) is 8.78. The van der Waals surface area contributed by atoms with E-state index in [2.05, 4.69) is 14.7 Å². The quantitative estimate of drug-likeness (QED) is 0.717. The molecule has 0 amide bonds. The maximum atomic E-state index is 13.6. The topological polar surface area (TPSA) is 62.7 Å². The summed E-state index contributed by atoms with van der Waals surface area (Å²) in [5.74, 6) is -1.14. The number of hydrogen-bond donors (Lipinski definition) is 0. The summed E-state index contributed by atoms with van der Waals surface area (Å²) in [5.41, 5.74) is -0.353. The van der Waals surface area contributed by atoms with Gasteiger partial charge in [0.15, 0.2) is 11.6 Å². The van der Waals surface area contributed by atoms with E-state index in [0.717, 1.165) is 6.07 Å². The largest absolute Gasteiger partial charge is 0.496 e. The van der Waals surface area contributed by atoms with Crippen molar-refractivity contribution in [2.45, 2.75) is 38.9 Å². The first kappa shape index (κ1) is 22.3. The molecule has 6 nitrogen and oxygen atoms in total. The van der Waals surface area contributed by atoms with Gasteiger partial charge < -0.3 is 18.8 Å². The monoisotopic (exact) mass is 414 g/mol. The molecule has 2 aromatic rings. The predicted molar refractivity (Wildman–Crippen MR) is 102 cm³/mol. The minimum atomic E-state index is -0.608. The molecule has 1 aliphatic rings. The summed E-state index contributed by atoms with van der Waals surface area (Å²) in [5, 5.41) is 0.262. The van der Waals surface area contributed by atoms with Gasteiger partial charge in [-0.1, -0.05) is 11.6 Å². The van der Waals surface area contributed by atoms with Crippen LogP contribution in [0.2, 0.25) is 5.02 Å². The summed E-state index contributed by atoms with van der Waals surface area (Å²) >= 11 is 5.42. The van der Waals surface area contributed by atoms with Gasteiger partial charge in [-0.3, -0.25) is 0 Å². The molecular weight excluding hydrogens is 392 g/mol. The van der Waals surface area contributed by atoms with Crippen LogP contribution >= 0.6 is 11.6 Å². The molecule has 1 fully saturated rings. The Morgan fingerprint density at radius 3 is 1.79 bits per heavy atom. The highest BCUT2D eigenvalue weighted by Crippen LogP contribution is 2.36.